The van der Waals surface area contributed by atoms with Crippen LogP contribution in [0.2, 0.25) is 5.02 Å². The van der Waals surface area contributed by atoms with Crippen molar-refractivity contribution in [2.24, 2.45) is 0 Å². The van der Waals surface area contributed by atoms with Gasteiger partial charge in [-0.3, -0.25) is 4.90 Å². The summed E-state index contributed by atoms with van der Waals surface area (Å²) in [5.74, 6) is 0.426. The Kier molecular flexibility index (Phi) is 5.23. The topological polar surface area (TPSA) is 63.1 Å². The first-order chi connectivity index (χ1) is 15.4. The maximum atomic E-state index is 13.6. The Hall–Kier alpha value is -3.16. The van der Waals surface area contributed by atoms with Gasteiger partial charge in [0.1, 0.15) is 18.2 Å². The monoisotopic (exact) mass is 452 g/mol. The molecule has 0 saturated carbocycles. The number of nitrogens with one attached hydrogen (secondary N) is 1. The van der Waals surface area contributed by atoms with Crippen molar-refractivity contribution in [2.75, 3.05) is 13.2 Å². The van der Waals surface area contributed by atoms with E-state index >= 15 is 0 Å². The summed E-state index contributed by atoms with van der Waals surface area (Å²) in [5.41, 5.74) is 5.00. The smallest absolute Gasteiger partial charge is 0.345 e. The van der Waals surface area contributed by atoms with Crippen molar-refractivity contribution in [2.45, 2.75) is 26.9 Å². The van der Waals surface area contributed by atoms with Gasteiger partial charge in [0.2, 0.25) is 0 Å². The van der Waals surface area contributed by atoms with Crippen molar-refractivity contribution >= 4 is 22.5 Å². The van der Waals surface area contributed by atoms with Crippen LogP contribution in [0.15, 0.2) is 47.4 Å². The second-order valence-electron chi connectivity index (χ2n) is 8.09. The van der Waals surface area contributed by atoms with Crippen molar-refractivity contribution < 1.29 is 9.13 Å². The predicted molar refractivity (Wildman–Crippen MR) is 122 cm³/mol. The average molecular weight is 453 g/mol. The van der Waals surface area contributed by atoms with Crippen LogP contribution in [0.5, 0.6) is 5.75 Å². The van der Waals surface area contributed by atoms with Crippen LogP contribution in [-0.4, -0.2) is 32.6 Å². The number of halogens is 2. The predicted octanol–water partition coefficient (Wildman–Crippen LogP) is 4.52. The number of nitrogens with zero attached hydrogens (tertiary/aromatic N) is 3. The normalized spacial score (nSPS) is 14.2. The standard InChI is InChI=1S/C24H22ClFN4O2/c1-14-20(15(2)28-24(31)27-14)13-29-7-8-32-23-17(12-29)10-19(11-21(23)25)30-6-5-16-9-18(26)3-4-22(16)30/h3-6,9-11H,7-8,12-13H2,1-2H3,(H,27,28,31). The number of hydrogen-bond acceptors (Lipinski definition) is 4. The number of benzene rings is 2. The Bertz CT molecular complexity index is 1370. The summed E-state index contributed by atoms with van der Waals surface area (Å²) in [6.45, 7) is 6.24. The van der Waals surface area contributed by atoms with Gasteiger partial charge in [0.25, 0.3) is 0 Å². The van der Waals surface area contributed by atoms with Crippen LogP contribution >= 0.6 is 11.6 Å². The second-order valence-corrected chi connectivity index (χ2v) is 8.50. The molecular formula is C24H22ClFN4O2. The van der Waals surface area contributed by atoms with E-state index in [1.165, 1.54) is 12.1 Å². The van der Waals surface area contributed by atoms with Crippen LogP contribution in [0, 0.1) is 19.7 Å². The zero-order chi connectivity index (χ0) is 22.4. The third-order valence-electron chi connectivity index (χ3n) is 5.92. The van der Waals surface area contributed by atoms with Crippen molar-refractivity contribution in [1.82, 2.24) is 19.4 Å². The highest BCUT2D eigenvalue weighted by molar-refractivity contribution is 6.32. The van der Waals surface area contributed by atoms with Crippen molar-refractivity contribution in [3.05, 3.63) is 86.4 Å². The molecule has 5 rings (SSSR count). The van der Waals surface area contributed by atoms with Crippen LogP contribution in [0.25, 0.3) is 16.6 Å². The molecule has 8 heteroatoms. The molecular weight excluding hydrogens is 431 g/mol. The Morgan fingerprint density at radius 1 is 1.22 bits per heavy atom. The molecule has 164 valence electrons. The zero-order valence-corrected chi connectivity index (χ0v) is 18.5. The highest BCUT2D eigenvalue weighted by Crippen LogP contribution is 2.35. The van der Waals surface area contributed by atoms with Crippen LogP contribution in [0.3, 0.4) is 0 Å². The number of rotatable bonds is 3. The van der Waals surface area contributed by atoms with E-state index in [-0.39, 0.29) is 11.5 Å². The minimum Gasteiger partial charge on any atom is -0.490 e. The number of aryl methyl sites for hydroxylation is 2. The number of hydrogen-bond donors (Lipinski definition) is 1. The summed E-state index contributed by atoms with van der Waals surface area (Å²) >= 11 is 6.62. The van der Waals surface area contributed by atoms with Gasteiger partial charge in [-0.15, -0.1) is 0 Å². The van der Waals surface area contributed by atoms with Gasteiger partial charge < -0.3 is 14.3 Å². The first-order valence-electron chi connectivity index (χ1n) is 10.4. The summed E-state index contributed by atoms with van der Waals surface area (Å²) in [6.07, 6.45) is 1.91. The lowest BCUT2D eigenvalue weighted by Crippen LogP contribution is -2.27. The second kappa shape index (κ2) is 8.07. The molecule has 0 unspecified atom stereocenters. The molecule has 1 aliphatic rings. The minimum absolute atomic E-state index is 0.262. The lowest BCUT2D eigenvalue weighted by Gasteiger charge is -2.21. The molecule has 0 atom stereocenters. The molecule has 0 radical (unpaired) electrons. The van der Waals surface area contributed by atoms with Crippen LogP contribution < -0.4 is 10.4 Å². The third-order valence-corrected chi connectivity index (χ3v) is 6.20. The Morgan fingerprint density at radius 2 is 2.06 bits per heavy atom. The van der Waals surface area contributed by atoms with Crippen molar-refractivity contribution in [1.29, 1.82) is 0 Å². The lowest BCUT2D eigenvalue weighted by atomic mass is 10.1. The maximum Gasteiger partial charge on any atom is 0.345 e. The zero-order valence-electron chi connectivity index (χ0n) is 17.8. The van der Waals surface area contributed by atoms with E-state index in [1.54, 1.807) is 6.07 Å². The molecule has 0 saturated heterocycles. The SMILES string of the molecule is Cc1nc(=O)[nH]c(C)c1CN1CCOc2c(Cl)cc(-n3ccc4cc(F)ccc43)cc2C1. The quantitative estimate of drug-likeness (QED) is 0.496. The molecule has 0 fully saturated rings. The van der Waals surface area contributed by atoms with E-state index in [4.69, 9.17) is 16.3 Å². The van der Waals surface area contributed by atoms with Crippen LogP contribution in [0.4, 0.5) is 4.39 Å². The number of aromatic nitrogens is 3. The largest absolute Gasteiger partial charge is 0.490 e. The van der Waals surface area contributed by atoms with E-state index in [9.17, 15) is 9.18 Å². The first kappa shape index (κ1) is 20.7. The van der Waals surface area contributed by atoms with E-state index in [2.05, 4.69) is 20.9 Å². The Morgan fingerprint density at radius 3 is 2.88 bits per heavy atom. The summed E-state index contributed by atoms with van der Waals surface area (Å²) in [7, 11) is 0. The highest BCUT2D eigenvalue weighted by atomic mass is 35.5. The van der Waals surface area contributed by atoms with Crippen molar-refractivity contribution in [3.8, 4) is 11.4 Å². The van der Waals surface area contributed by atoms with Gasteiger partial charge >= 0.3 is 5.69 Å². The van der Waals surface area contributed by atoms with Crippen LogP contribution in [0.1, 0.15) is 22.5 Å². The molecule has 0 aliphatic carbocycles. The molecule has 0 spiro atoms. The molecule has 1 N–H and O–H groups in total. The summed E-state index contributed by atoms with van der Waals surface area (Å²) in [4.78, 5) is 20.7. The Labute approximate surface area is 189 Å². The molecule has 3 heterocycles. The van der Waals surface area contributed by atoms with Gasteiger partial charge in [-0.05, 0) is 50.2 Å². The van der Waals surface area contributed by atoms with E-state index in [0.717, 1.165) is 39.1 Å². The lowest BCUT2D eigenvalue weighted by molar-refractivity contribution is 0.218. The molecule has 4 aromatic rings. The summed E-state index contributed by atoms with van der Waals surface area (Å²) in [6, 6.07) is 10.6. The van der Waals surface area contributed by atoms with Crippen molar-refractivity contribution in [3.63, 3.8) is 0 Å². The number of fused-ring (bicyclic) bond motifs is 2. The molecule has 2 aromatic carbocycles. The molecule has 0 bridgehead atoms. The summed E-state index contributed by atoms with van der Waals surface area (Å²) in [5, 5.41) is 1.37. The molecule has 6 nitrogen and oxygen atoms in total. The maximum absolute atomic E-state index is 13.6. The fourth-order valence-electron chi connectivity index (χ4n) is 4.33. The van der Waals surface area contributed by atoms with E-state index in [0.29, 0.717) is 37.0 Å². The van der Waals surface area contributed by atoms with Gasteiger partial charge in [0.15, 0.2) is 0 Å². The Balaban J connectivity index is 1.51. The number of H-pyrrole nitrogens is 1. The molecule has 2 aromatic heterocycles. The third kappa shape index (κ3) is 3.78. The average Bonchev–Trinajstić information content (AvgIpc) is 3.03. The van der Waals surface area contributed by atoms with Gasteiger partial charge in [-0.1, -0.05) is 11.6 Å². The van der Waals surface area contributed by atoms with E-state index < -0.39 is 0 Å². The summed E-state index contributed by atoms with van der Waals surface area (Å²) < 4.78 is 21.6. The minimum atomic E-state index is -0.330. The fraction of sp³-hybridized carbons (Fsp3) is 0.250. The van der Waals surface area contributed by atoms with E-state index in [1.807, 2.05) is 36.7 Å². The first-order valence-corrected chi connectivity index (χ1v) is 10.8. The van der Waals surface area contributed by atoms with Gasteiger partial charge in [0.05, 0.1) is 10.5 Å². The molecule has 32 heavy (non-hydrogen) atoms. The highest BCUT2D eigenvalue weighted by Gasteiger charge is 2.21. The van der Waals surface area contributed by atoms with Gasteiger partial charge in [-0.2, -0.15) is 4.98 Å². The van der Waals surface area contributed by atoms with Gasteiger partial charge in [0, 0.05) is 59.4 Å². The van der Waals surface area contributed by atoms with Crippen LogP contribution in [-0.2, 0) is 13.1 Å². The molecule has 1 aliphatic heterocycles. The fourth-order valence-corrected chi connectivity index (χ4v) is 4.62. The number of ether oxygens (including phenoxy) is 1. The number of aromatic amines is 1. The van der Waals surface area contributed by atoms with Gasteiger partial charge in [-0.25, -0.2) is 9.18 Å². The molecule has 0 amide bonds.